The summed E-state index contributed by atoms with van der Waals surface area (Å²) in [7, 11) is 1.99. The topological polar surface area (TPSA) is 68.8 Å². The molecule has 3 N–H and O–H groups in total. The molecule has 0 spiro atoms. The summed E-state index contributed by atoms with van der Waals surface area (Å²) in [4.78, 5) is 0. The first-order valence-electron chi connectivity index (χ1n) is 4.66. The van der Waals surface area contributed by atoms with Gasteiger partial charge < -0.3 is 11.1 Å². The quantitative estimate of drug-likeness (QED) is 0.682. The van der Waals surface area contributed by atoms with Crippen molar-refractivity contribution in [2.24, 2.45) is 0 Å². The average Bonchev–Trinajstić information content (AvgIpc) is 2.71. The minimum atomic E-state index is 0.426. The van der Waals surface area contributed by atoms with Crippen LogP contribution in [0.1, 0.15) is 25.3 Å². The number of nitrogens with zero attached hydrogens (tertiary/aromatic N) is 3. The summed E-state index contributed by atoms with van der Waals surface area (Å²) < 4.78 is 1.88. The molecule has 1 fully saturated rings. The lowest BCUT2D eigenvalue weighted by atomic mass is 10.2. The van der Waals surface area contributed by atoms with Gasteiger partial charge in [-0.3, -0.25) is 0 Å². The fourth-order valence-electron chi connectivity index (χ4n) is 2.05. The third-order valence-electron chi connectivity index (χ3n) is 2.72. The van der Waals surface area contributed by atoms with Gasteiger partial charge in [-0.25, -0.2) is 4.68 Å². The van der Waals surface area contributed by atoms with Gasteiger partial charge >= 0.3 is 0 Å². The van der Waals surface area contributed by atoms with Crippen LogP contribution in [-0.4, -0.2) is 28.1 Å². The van der Waals surface area contributed by atoms with Gasteiger partial charge in [0.15, 0.2) is 5.82 Å². The van der Waals surface area contributed by atoms with Crippen molar-refractivity contribution in [3.05, 3.63) is 6.20 Å². The van der Waals surface area contributed by atoms with Crippen LogP contribution < -0.4 is 11.1 Å². The molecule has 0 amide bonds. The summed E-state index contributed by atoms with van der Waals surface area (Å²) in [5.41, 5.74) is 5.52. The van der Waals surface area contributed by atoms with E-state index in [4.69, 9.17) is 5.73 Å². The molecule has 1 aromatic heterocycles. The maximum absolute atomic E-state index is 5.52. The maximum Gasteiger partial charge on any atom is 0.165 e. The number of nitrogen functional groups attached to an aromatic ring is 1. The monoisotopic (exact) mass is 181 g/mol. The molecule has 0 bridgehead atoms. The molecule has 0 aromatic carbocycles. The van der Waals surface area contributed by atoms with Crippen molar-refractivity contribution in [3.8, 4) is 0 Å². The van der Waals surface area contributed by atoms with Gasteiger partial charge in [0.1, 0.15) is 0 Å². The van der Waals surface area contributed by atoms with Gasteiger partial charge in [0.2, 0.25) is 0 Å². The second-order valence-corrected chi connectivity index (χ2v) is 3.52. The van der Waals surface area contributed by atoms with Crippen molar-refractivity contribution in [1.82, 2.24) is 20.3 Å². The molecule has 1 aromatic rings. The molecule has 1 aliphatic carbocycles. The Bertz CT molecular complexity index is 282. The van der Waals surface area contributed by atoms with E-state index in [2.05, 4.69) is 15.6 Å². The van der Waals surface area contributed by atoms with Crippen LogP contribution in [-0.2, 0) is 0 Å². The van der Waals surface area contributed by atoms with Crippen molar-refractivity contribution in [2.45, 2.75) is 31.3 Å². The Kier molecular flexibility index (Phi) is 2.18. The molecular weight excluding hydrogens is 166 g/mol. The van der Waals surface area contributed by atoms with E-state index >= 15 is 0 Å². The highest BCUT2D eigenvalue weighted by Crippen LogP contribution is 2.29. The summed E-state index contributed by atoms with van der Waals surface area (Å²) in [6.07, 6.45) is 5.42. The van der Waals surface area contributed by atoms with Gasteiger partial charge in [0.25, 0.3) is 0 Å². The third kappa shape index (κ3) is 1.51. The Morgan fingerprint density at radius 2 is 2.46 bits per heavy atom. The van der Waals surface area contributed by atoms with E-state index < -0.39 is 0 Å². The van der Waals surface area contributed by atoms with E-state index in [0.717, 1.165) is 6.42 Å². The first-order chi connectivity index (χ1) is 6.31. The molecular formula is C8H15N5. The molecule has 2 rings (SSSR count). The molecule has 0 saturated heterocycles. The van der Waals surface area contributed by atoms with Crippen molar-refractivity contribution in [3.63, 3.8) is 0 Å². The molecule has 0 aliphatic heterocycles. The van der Waals surface area contributed by atoms with Crippen LogP contribution >= 0.6 is 0 Å². The zero-order chi connectivity index (χ0) is 9.26. The van der Waals surface area contributed by atoms with Gasteiger partial charge in [0, 0.05) is 6.04 Å². The number of likely N-dealkylation sites (N-methyl/N-ethyl adjacent to an activating group) is 1. The largest absolute Gasteiger partial charge is 0.381 e. The lowest BCUT2D eigenvalue weighted by Gasteiger charge is -2.18. The second-order valence-electron chi connectivity index (χ2n) is 3.52. The van der Waals surface area contributed by atoms with Gasteiger partial charge in [-0.1, -0.05) is 5.21 Å². The molecule has 1 saturated carbocycles. The van der Waals surface area contributed by atoms with E-state index in [0.29, 0.717) is 17.9 Å². The fourth-order valence-corrected chi connectivity index (χ4v) is 2.05. The molecule has 5 nitrogen and oxygen atoms in total. The van der Waals surface area contributed by atoms with Crippen molar-refractivity contribution >= 4 is 5.82 Å². The summed E-state index contributed by atoms with van der Waals surface area (Å²) >= 11 is 0. The predicted octanol–water partition coefficient (Wildman–Crippen LogP) is 0.173. The zero-order valence-corrected chi connectivity index (χ0v) is 7.77. The van der Waals surface area contributed by atoms with Crippen molar-refractivity contribution in [1.29, 1.82) is 0 Å². The lowest BCUT2D eigenvalue weighted by Crippen LogP contribution is -2.31. The Labute approximate surface area is 77.3 Å². The second kappa shape index (κ2) is 3.33. The average molecular weight is 181 g/mol. The minimum Gasteiger partial charge on any atom is -0.381 e. The number of anilines is 1. The lowest BCUT2D eigenvalue weighted by molar-refractivity contribution is 0.376. The Balaban J connectivity index is 2.15. The number of aromatic nitrogens is 3. The van der Waals surface area contributed by atoms with Crippen LogP contribution in [0.5, 0.6) is 0 Å². The molecule has 1 aliphatic rings. The first kappa shape index (κ1) is 8.50. The van der Waals surface area contributed by atoms with Crippen LogP contribution in [0.4, 0.5) is 5.82 Å². The molecule has 72 valence electrons. The first-order valence-corrected chi connectivity index (χ1v) is 4.66. The zero-order valence-electron chi connectivity index (χ0n) is 7.77. The predicted molar refractivity (Wildman–Crippen MR) is 50.2 cm³/mol. The summed E-state index contributed by atoms with van der Waals surface area (Å²) in [5, 5.41) is 11.1. The van der Waals surface area contributed by atoms with Crippen molar-refractivity contribution in [2.75, 3.05) is 12.8 Å². The Hall–Kier alpha value is -1.10. The third-order valence-corrected chi connectivity index (χ3v) is 2.72. The molecule has 0 radical (unpaired) electrons. The molecule has 5 heteroatoms. The highest BCUT2D eigenvalue weighted by molar-refractivity contribution is 5.20. The number of hydrogen-bond acceptors (Lipinski definition) is 4. The molecule has 2 unspecified atom stereocenters. The van der Waals surface area contributed by atoms with Gasteiger partial charge in [-0.15, -0.1) is 5.10 Å². The SMILES string of the molecule is CNC1CCCC1n1cc(N)nn1. The minimum absolute atomic E-state index is 0.426. The van der Waals surface area contributed by atoms with E-state index in [9.17, 15) is 0 Å². The normalized spacial score (nSPS) is 28.1. The number of rotatable bonds is 2. The summed E-state index contributed by atoms with van der Waals surface area (Å²) in [5.74, 6) is 0.502. The Morgan fingerprint density at radius 3 is 3.08 bits per heavy atom. The van der Waals surface area contributed by atoms with E-state index in [1.54, 1.807) is 6.20 Å². The maximum atomic E-state index is 5.52. The smallest absolute Gasteiger partial charge is 0.165 e. The highest BCUT2D eigenvalue weighted by atomic mass is 15.4. The van der Waals surface area contributed by atoms with E-state index in [-0.39, 0.29) is 0 Å². The van der Waals surface area contributed by atoms with E-state index in [1.165, 1.54) is 12.8 Å². The standard InChI is InChI=1S/C8H15N5/c1-10-6-3-2-4-7(6)13-5-8(9)11-12-13/h5-7,10H,2-4,9H2,1H3. The Morgan fingerprint density at radius 1 is 1.62 bits per heavy atom. The van der Waals surface area contributed by atoms with Crippen LogP contribution in [0, 0.1) is 0 Å². The molecule has 2 atom stereocenters. The molecule has 13 heavy (non-hydrogen) atoms. The fraction of sp³-hybridized carbons (Fsp3) is 0.750. The highest BCUT2D eigenvalue weighted by Gasteiger charge is 2.27. The summed E-state index contributed by atoms with van der Waals surface area (Å²) in [6.45, 7) is 0. The van der Waals surface area contributed by atoms with Crippen LogP contribution in [0.15, 0.2) is 6.20 Å². The van der Waals surface area contributed by atoms with Crippen LogP contribution in [0.25, 0.3) is 0 Å². The van der Waals surface area contributed by atoms with Gasteiger partial charge in [-0.05, 0) is 26.3 Å². The number of hydrogen-bond donors (Lipinski definition) is 2. The van der Waals surface area contributed by atoms with Crippen LogP contribution in [0.2, 0.25) is 0 Å². The van der Waals surface area contributed by atoms with Gasteiger partial charge in [-0.2, -0.15) is 0 Å². The van der Waals surface area contributed by atoms with Gasteiger partial charge in [0.05, 0.1) is 12.2 Å². The van der Waals surface area contributed by atoms with Crippen molar-refractivity contribution < 1.29 is 0 Å². The molecule has 1 heterocycles. The number of nitrogens with one attached hydrogen (secondary N) is 1. The summed E-state index contributed by atoms with van der Waals surface area (Å²) in [6, 6.07) is 0.941. The number of nitrogens with two attached hydrogens (primary N) is 1. The van der Waals surface area contributed by atoms with E-state index in [1.807, 2.05) is 11.7 Å². The van der Waals surface area contributed by atoms with Crippen LogP contribution in [0.3, 0.4) is 0 Å².